The van der Waals surface area contributed by atoms with Crippen molar-refractivity contribution in [2.24, 2.45) is 0 Å². The van der Waals surface area contributed by atoms with Crippen molar-refractivity contribution in [1.29, 1.82) is 0 Å². The van der Waals surface area contributed by atoms with Crippen molar-refractivity contribution in [2.45, 2.75) is 19.3 Å². The summed E-state index contributed by atoms with van der Waals surface area (Å²) in [5, 5.41) is 5.18. The van der Waals surface area contributed by atoms with Crippen LogP contribution < -0.4 is 5.32 Å². The number of carbonyl (C=O) groups excluding carboxylic acids is 1. The molecule has 0 radical (unpaired) electrons. The number of ether oxygens (including phenoxy) is 1. The van der Waals surface area contributed by atoms with Gasteiger partial charge < -0.3 is 10.1 Å². The lowest BCUT2D eigenvalue weighted by atomic mass is 9.91. The van der Waals surface area contributed by atoms with Gasteiger partial charge in [-0.25, -0.2) is 4.79 Å². The predicted molar refractivity (Wildman–Crippen MR) is 66.5 cm³/mol. The molecular weight excluding hydrogens is 222 g/mol. The van der Waals surface area contributed by atoms with Gasteiger partial charge in [-0.3, -0.25) is 0 Å². The van der Waals surface area contributed by atoms with Gasteiger partial charge in [0.15, 0.2) is 0 Å². The summed E-state index contributed by atoms with van der Waals surface area (Å²) >= 11 is 1.74. The van der Waals surface area contributed by atoms with E-state index in [1.807, 2.05) is 6.07 Å². The Morgan fingerprint density at radius 1 is 1.62 bits per heavy atom. The Kier molecular flexibility index (Phi) is 4.55. The SMILES string of the molecule is COC(=O)/C=C/NCC(C)(C)c1cccs1. The molecule has 16 heavy (non-hydrogen) atoms. The largest absolute Gasteiger partial charge is 0.466 e. The van der Waals surface area contributed by atoms with E-state index in [4.69, 9.17) is 0 Å². The summed E-state index contributed by atoms with van der Waals surface area (Å²) in [4.78, 5) is 12.1. The van der Waals surface area contributed by atoms with Gasteiger partial charge in [-0.1, -0.05) is 19.9 Å². The number of carbonyl (C=O) groups is 1. The predicted octanol–water partition coefficient (Wildman–Crippen LogP) is 2.30. The van der Waals surface area contributed by atoms with E-state index >= 15 is 0 Å². The van der Waals surface area contributed by atoms with Gasteiger partial charge >= 0.3 is 5.97 Å². The molecule has 0 atom stereocenters. The van der Waals surface area contributed by atoms with Crippen LogP contribution >= 0.6 is 11.3 Å². The topological polar surface area (TPSA) is 38.3 Å². The first-order valence-corrected chi connectivity index (χ1v) is 5.96. The Labute approximate surface area is 100 Å². The van der Waals surface area contributed by atoms with Crippen molar-refractivity contribution < 1.29 is 9.53 Å². The highest BCUT2D eigenvalue weighted by molar-refractivity contribution is 7.10. The van der Waals surface area contributed by atoms with Crippen LogP contribution in [0, 0.1) is 0 Å². The fourth-order valence-electron chi connectivity index (χ4n) is 1.26. The lowest BCUT2D eigenvalue weighted by Gasteiger charge is -2.22. The van der Waals surface area contributed by atoms with Gasteiger partial charge in [-0.05, 0) is 11.4 Å². The molecule has 1 aromatic rings. The highest BCUT2D eigenvalue weighted by atomic mass is 32.1. The Morgan fingerprint density at radius 3 is 2.94 bits per heavy atom. The number of hydrogen-bond donors (Lipinski definition) is 1. The van der Waals surface area contributed by atoms with E-state index in [2.05, 4.69) is 35.3 Å². The summed E-state index contributed by atoms with van der Waals surface area (Å²) in [6, 6.07) is 4.17. The second-order valence-corrected chi connectivity index (χ2v) is 5.05. The second kappa shape index (κ2) is 5.70. The fraction of sp³-hybridized carbons (Fsp3) is 0.417. The summed E-state index contributed by atoms with van der Waals surface area (Å²) in [7, 11) is 1.36. The van der Waals surface area contributed by atoms with Gasteiger partial charge in [-0.2, -0.15) is 0 Å². The van der Waals surface area contributed by atoms with Gasteiger partial charge in [0.1, 0.15) is 0 Å². The smallest absolute Gasteiger partial charge is 0.331 e. The summed E-state index contributed by atoms with van der Waals surface area (Å²) in [6.07, 6.45) is 3.01. The van der Waals surface area contributed by atoms with Crippen molar-refractivity contribution in [2.75, 3.05) is 13.7 Å². The Bertz CT molecular complexity index is 355. The molecule has 0 aliphatic heterocycles. The quantitative estimate of drug-likeness (QED) is 0.633. The molecule has 0 amide bonds. The van der Waals surface area contributed by atoms with Crippen LogP contribution in [0.1, 0.15) is 18.7 Å². The summed E-state index contributed by atoms with van der Waals surface area (Å²) in [5.41, 5.74) is 0.0641. The van der Waals surface area contributed by atoms with Crippen LogP contribution in [0.15, 0.2) is 29.8 Å². The molecule has 0 bridgehead atoms. The number of hydrogen-bond acceptors (Lipinski definition) is 4. The van der Waals surface area contributed by atoms with Crippen LogP contribution in [0.25, 0.3) is 0 Å². The van der Waals surface area contributed by atoms with Crippen molar-refractivity contribution in [3.8, 4) is 0 Å². The minimum atomic E-state index is -0.346. The maximum Gasteiger partial charge on any atom is 0.331 e. The lowest BCUT2D eigenvalue weighted by Crippen LogP contribution is -2.29. The van der Waals surface area contributed by atoms with Crippen molar-refractivity contribution in [1.82, 2.24) is 5.32 Å². The molecule has 1 heterocycles. The molecule has 1 N–H and O–H groups in total. The standard InChI is InChI=1S/C12H17NO2S/c1-12(2,10-5-4-8-16-10)9-13-7-6-11(14)15-3/h4-8,13H,9H2,1-3H3/b7-6+. The molecule has 4 heteroatoms. The van der Waals surface area contributed by atoms with Gasteiger partial charge in [0, 0.05) is 29.1 Å². The second-order valence-electron chi connectivity index (χ2n) is 4.10. The zero-order chi connectivity index (χ0) is 12.0. The van der Waals surface area contributed by atoms with Gasteiger partial charge in [0.25, 0.3) is 0 Å². The van der Waals surface area contributed by atoms with E-state index in [-0.39, 0.29) is 11.4 Å². The Hall–Kier alpha value is -1.29. The van der Waals surface area contributed by atoms with Crippen LogP contribution in [0.3, 0.4) is 0 Å². The first-order valence-electron chi connectivity index (χ1n) is 5.08. The van der Waals surface area contributed by atoms with Crippen LogP contribution in [-0.4, -0.2) is 19.6 Å². The molecule has 0 spiro atoms. The molecule has 0 aromatic carbocycles. The average Bonchev–Trinajstić information content (AvgIpc) is 2.78. The van der Waals surface area contributed by atoms with Gasteiger partial charge in [0.05, 0.1) is 7.11 Å². The van der Waals surface area contributed by atoms with E-state index < -0.39 is 0 Å². The fourth-order valence-corrected chi connectivity index (χ4v) is 2.11. The van der Waals surface area contributed by atoms with E-state index in [0.717, 1.165) is 6.54 Å². The zero-order valence-electron chi connectivity index (χ0n) is 9.82. The highest BCUT2D eigenvalue weighted by Crippen LogP contribution is 2.26. The molecule has 0 unspecified atom stereocenters. The third kappa shape index (κ3) is 3.70. The van der Waals surface area contributed by atoms with Crippen molar-refractivity contribution >= 4 is 17.3 Å². The van der Waals surface area contributed by atoms with Gasteiger partial charge in [-0.15, -0.1) is 11.3 Å². The maximum absolute atomic E-state index is 10.8. The number of thiophene rings is 1. The third-order valence-corrected chi connectivity index (χ3v) is 3.51. The molecule has 88 valence electrons. The van der Waals surface area contributed by atoms with E-state index in [0.29, 0.717) is 0 Å². The average molecular weight is 239 g/mol. The van der Waals surface area contributed by atoms with E-state index in [9.17, 15) is 4.79 Å². The molecule has 1 rings (SSSR count). The van der Waals surface area contributed by atoms with Crippen LogP contribution in [-0.2, 0) is 14.9 Å². The first kappa shape index (κ1) is 12.8. The lowest BCUT2D eigenvalue weighted by molar-refractivity contribution is -0.134. The Balaban J connectivity index is 2.43. The van der Waals surface area contributed by atoms with Crippen molar-refractivity contribution in [3.63, 3.8) is 0 Å². The number of nitrogens with one attached hydrogen (secondary N) is 1. The zero-order valence-corrected chi connectivity index (χ0v) is 10.6. The molecule has 0 saturated heterocycles. The maximum atomic E-state index is 10.8. The van der Waals surface area contributed by atoms with Crippen LogP contribution in [0.4, 0.5) is 0 Å². The summed E-state index contributed by atoms with van der Waals surface area (Å²) in [5.74, 6) is -0.346. The molecular formula is C12H17NO2S. The van der Waals surface area contributed by atoms with Crippen molar-refractivity contribution in [3.05, 3.63) is 34.7 Å². The minimum Gasteiger partial charge on any atom is -0.466 e. The minimum absolute atomic E-state index is 0.0641. The Morgan fingerprint density at radius 2 is 2.38 bits per heavy atom. The number of rotatable bonds is 5. The molecule has 1 aromatic heterocycles. The number of esters is 1. The molecule has 0 saturated carbocycles. The summed E-state index contributed by atoms with van der Waals surface area (Å²) < 4.78 is 4.49. The molecule has 0 aliphatic carbocycles. The highest BCUT2D eigenvalue weighted by Gasteiger charge is 2.20. The molecule has 0 fully saturated rings. The van der Waals surface area contributed by atoms with E-state index in [1.165, 1.54) is 18.1 Å². The van der Waals surface area contributed by atoms with Gasteiger partial charge in [0.2, 0.25) is 0 Å². The van der Waals surface area contributed by atoms with E-state index in [1.54, 1.807) is 17.5 Å². The molecule has 3 nitrogen and oxygen atoms in total. The third-order valence-electron chi connectivity index (χ3n) is 2.27. The monoisotopic (exact) mass is 239 g/mol. The molecule has 0 aliphatic rings. The number of methoxy groups -OCH3 is 1. The summed E-state index contributed by atoms with van der Waals surface area (Å²) in [6.45, 7) is 5.11. The normalized spacial score (nSPS) is 11.7. The van der Waals surface area contributed by atoms with Crippen LogP contribution in [0.5, 0.6) is 0 Å². The van der Waals surface area contributed by atoms with Crippen LogP contribution in [0.2, 0.25) is 0 Å². The first-order chi connectivity index (χ1) is 7.56.